The summed E-state index contributed by atoms with van der Waals surface area (Å²) in [6, 6.07) is 5.52. The molecular weight excluding hydrogens is 382 g/mol. The first-order valence-electron chi connectivity index (χ1n) is 10.1. The van der Waals surface area contributed by atoms with Gasteiger partial charge in [0.25, 0.3) is 5.56 Å². The second-order valence-corrected chi connectivity index (χ2v) is 7.46. The van der Waals surface area contributed by atoms with Gasteiger partial charge in [-0.1, -0.05) is 6.07 Å². The number of carbonyl (C=O) groups is 1. The van der Waals surface area contributed by atoms with Crippen LogP contribution in [0.25, 0.3) is 11.5 Å². The van der Waals surface area contributed by atoms with Crippen molar-refractivity contribution in [2.45, 2.75) is 40.3 Å². The maximum absolute atomic E-state index is 12.6. The number of hydrogen-bond acceptors (Lipinski definition) is 6. The maximum Gasteiger partial charge on any atom is 0.355 e. The van der Waals surface area contributed by atoms with Crippen molar-refractivity contribution >= 4 is 5.97 Å². The Kier molecular flexibility index (Phi) is 5.50. The Balaban J connectivity index is 1.59. The second-order valence-electron chi connectivity index (χ2n) is 7.46. The average molecular weight is 407 g/mol. The van der Waals surface area contributed by atoms with Gasteiger partial charge in [0.05, 0.1) is 12.3 Å². The summed E-state index contributed by atoms with van der Waals surface area (Å²) in [4.78, 5) is 42.0. The Morgan fingerprint density at radius 3 is 2.83 bits per heavy atom. The van der Waals surface area contributed by atoms with Crippen molar-refractivity contribution < 1.29 is 9.53 Å². The lowest BCUT2D eigenvalue weighted by atomic mass is 10.0. The molecule has 0 atom stereocenters. The Morgan fingerprint density at radius 1 is 1.27 bits per heavy atom. The number of rotatable bonds is 5. The maximum atomic E-state index is 12.6. The van der Waals surface area contributed by atoms with E-state index in [1.54, 1.807) is 13.1 Å². The lowest BCUT2D eigenvalue weighted by Crippen LogP contribution is -2.35. The Labute approximate surface area is 174 Å². The lowest BCUT2D eigenvalue weighted by molar-refractivity contribution is 0.0519. The number of carbonyl (C=O) groups excluding carboxylic acids is 1. The predicted molar refractivity (Wildman–Crippen MR) is 112 cm³/mol. The van der Waals surface area contributed by atoms with Crippen LogP contribution >= 0.6 is 0 Å². The minimum absolute atomic E-state index is 0.0982. The van der Waals surface area contributed by atoms with Crippen molar-refractivity contribution in [3.8, 4) is 11.5 Å². The largest absolute Gasteiger partial charge is 0.461 e. The van der Waals surface area contributed by atoms with Crippen molar-refractivity contribution in [3.05, 3.63) is 68.5 Å². The summed E-state index contributed by atoms with van der Waals surface area (Å²) in [6.45, 7) is 8.02. The highest BCUT2D eigenvalue weighted by molar-refractivity contribution is 5.89. The van der Waals surface area contributed by atoms with Crippen LogP contribution in [-0.4, -0.2) is 44.0 Å². The van der Waals surface area contributed by atoms with Gasteiger partial charge >= 0.3 is 5.97 Å². The van der Waals surface area contributed by atoms with Crippen LogP contribution in [0.4, 0.5) is 0 Å². The second kappa shape index (κ2) is 8.23. The third-order valence-corrected chi connectivity index (χ3v) is 5.51. The molecule has 0 aliphatic carbocycles. The summed E-state index contributed by atoms with van der Waals surface area (Å²) in [6.07, 6.45) is 2.31. The number of nitrogens with one attached hydrogen (secondary N) is 2. The highest BCUT2D eigenvalue weighted by Gasteiger charge is 2.25. The van der Waals surface area contributed by atoms with Gasteiger partial charge in [-0.25, -0.2) is 9.78 Å². The van der Waals surface area contributed by atoms with E-state index >= 15 is 0 Å². The van der Waals surface area contributed by atoms with Crippen LogP contribution in [0.2, 0.25) is 0 Å². The van der Waals surface area contributed by atoms with Gasteiger partial charge in [-0.15, -0.1) is 0 Å². The minimum Gasteiger partial charge on any atom is -0.461 e. The van der Waals surface area contributed by atoms with Crippen LogP contribution < -0.4 is 5.56 Å². The standard InChI is InChI=1S/C22H25N5O3/c1-4-30-22(29)19-13(2)16(14(3)24-19)11-27-10-8-15-18(12-27)25-20(26-21(15)28)17-7-5-6-9-23-17/h5-7,9,24H,4,8,10-12H2,1-3H3,(H,25,26,28). The molecule has 0 saturated heterocycles. The highest BCUT2D eigenvalue weighted by Crippen LogP contribution is 2.24. The number of hydrogen-bond donors (Lipinski definition) is 2. The molecule has 4 rings (SSSR count). The molecule has 0 fully saturated rings. The van der Waals surface area contributed by atoms with Gasteiger partial charge in [-0.3, -0.25) is 14.7 Å². The summed E-state index contributed by atoms with van der Waals surface area (Å²) in [5.41, 5.74) is 5.51. The number of nitrogens with zero attached hydrogens (tertiary/aromatic N) is 3. The van der Waals surface area contributed by atoms with E-state index in [2.05, 4.69) is 19.9 Å². The van der Waals surface area contributed by atoms with Gasteiger partial charge in [0.1, 0.15) is 11.4 Å². The molecule has 0 spiro atoms. The molecule has 8 heteroatoms. The number of ether oxygens (including phenoxy) is 1. The first-order valence-corrected chi connectivity index (χ1v) is 10.1. The van der Waals surface area contributed by atoms with Gasteiger partial charge in [0, 0.05) is 37.1 Å². The molecule has 0 bridgehead atoms. The van der Waals surface area contributed by atoms with Gasteiger partial charge < -0.3 is 14.7 Å². The van der Waals surface area contributed by atoms with E-state index in [1.807, 2.05) is 32.0 Å². The summed E-state index contributed by atoms with van der Waals surface area (Å²) < 4.78 is 5.14. The zero-order chi connectivity index (χ0) is 21.3. The van der Waals surface area contributed by atoms with Crippen LogP contribution in [0.5, 0.6) is 0 Å². The van der Waals surface area contributed by atoms with Crippen molar-refractivity contribution in [1.82, 2.24) is 24.8 Å². The van der Waals surface area contributed by atoms with E-state index in [0.29, 0.717) is 43.3 Å². The zero-order valence-electron chi connectivity index (χ0n) is 17.4. The van der Waals surface area contributed by atoms with E-state index in [1.165, 1.54) is 0 Å². The van der Waals surface area contributed by atoms with Crippen molar-refractivity contribution in [1.29, 1.82) is 0 Å². The highest BCUT2D eigenvalue weighted by atomic mass is 16.5. The smallest absolute Gasteiger partial charge is 0.355 e. The number of fused-ring (bicyclic) bond motifs is 1. The molecule has 3 aromatic heterocycles. The molecule has 0 radical (unpaired) electrons. The Hall–Kier alpha value is -3.26. The number of aromatic amines is 2. The topological polar surface area (TPSA) is 104 Å². The first kappa shape index (κ1) is 20.0. The number of H-pyrrole nitrogens is 2. The van der Waals surface area contributed by atoms with Crippen LogP contribution in [0.3, 0.4) is 0 Å². The summed E-state index contributed by atoms with van der Waals surface area (Å²) in [5, 5.41) is 0. The van der Waals surface area contributed by atoms with Crippen LogP contribution in [0, 0.1) is 13.8 Å². The van der Waals surface area contributed by atoms with Crippen LogP contribution in [0.1, 0.15) is 45.5 Å². The third kappa shape index (κ3) is 3.78. The van der Waals surface area contributed by atoms with Gasteiger partial charge in [-0.2, -0.15) is 0 Å². The molecule has 0 amide bonds. The fraction of sp³-hybridized carbons (Fsp3) is 0.364. The van der Waals surface area contributed by atoms with Crippen LogP contribution in [0.15, 0.2) is 29.2 Å². The SMILES string of the molecule is CCOC(=O)c1[nH]c(C)c(CN2CCc3c(nc(-c4ccccn4)[nH]c3=O)C2)c1C. The van der Waals surface area contributed by atoms with Gasteiger partial charge in [0.2, 0.25) is 0 Å². The zero-order valence-corrected chi connectivity index (χ0v) is 17.4. The molecule has 3 aromatic rings. The molecule has 2 N–H and O–H groups in total. The van der Waals surface area contributed by atoms with Crippen molar-refractivity contribution in [2.75, 3.05) is 13.2 Å². The number of pyridine rings is 1. The molecule has 8 nitrogen and oxygen atoms in total. The quantitative estimate of drug-likeness (QED) is 0.630. The molecule has 0 aromatic carbocycles. The third-order valence-electron chi connectivity index (χ3n) is 5.51. The Morgan fingerprint density at radius 2 is 2.10 bits per heavy atom. The van der Waals surface area contributed by atoms with Crippen LogP contribution in [-0.2, 0) is 24.2 Å². The molecule has 0 unspecified atom stereocenters. The fourth-order valence-electron chi connectivity index (χ4n) is 3.91. The number of aryl methyl sites for hydroxylation is 1. The van der Waals surface area contributed by atoms with Crippen molar-refractivity contribution in [2.24, 2.45) is 0 Å². The van der Waals surface area contributed by atoms with E-state index in [0.717, 1.165) is 34.6 Å². The van der Waals surface area contributed by atoms with E-state index in [4.69, 9.17) is 9.72 Å². The molecule has 4 heterocycles. The molecule has 1 aliphatic heterocycles. The molecular formula is C22H25N5O3. The lowest BCUT2D eigenvalue weighted by Gasteiger charge is -2.28. The van der Waals surface area contributed by atoms with Gasteiger partial charge in [-0.05, 0) is 50.5 Å². The molecule has 156 valence electrons. The minimum atomic E-state index is -0.332. The van der Waals surface area contributed by atoms with E-state index in [9.17, 15) is 9.59 Å². The molecule has 0 saturated carbocycles. The number of esters is 1. The van der Waals surface area contributed by atoms with Gasteiger partial charge in [0.15, 0.2) is 5.82 Å². The Bertz CT molecular complexity index is 1130. The van der Waals surface area contributed by atoms with E-state index in [-0.39, 0.29) is 11.5 Å². The molecule has 1 aliphatic rings. The molecule has 30 heavy (non-hydrogen) atoms. The summed E-state index contributed by atoms with van der Waals surface area (Å²) >= 11 is 0. The van der Waals surface area contributed by atoms with Crippen molar-refractivity contribution in [3.63, 3.8) is 0 Å². The predicted octanol–water partition coefficient (Wildman–Crippen LogP) is 2.51. The average Bonchev–Trinajstić information content (AvgIpc) is 3.02. The summed E-state index contributed by atoms with van der Waals surface area (Å²) in [7, 11) is 0. The van der Waals surface area contributed by atoms with E-state index < -0.39 is 0 Å². The normalized spacial score (nSPS) is 13.8. The summed E-state index contributed by atoms with van der Waals surface area (Å²) in [5.74, 6) is 0.154. The monoisotopic (exact) mass is 407 g/mol. The fourth-order valence-corrected chi connectivity index (χ4v) is 3.91. The first-order chi connectivity index (χ1) is 14.5. The number of aromatic nitrogens is 4.